The molecule has 1 aromatic heterocycles. The minimum Gasteiger partial charge on any atom is -0.474 e. The van der Waals surface area contributed by atoms with Crippen LogP contribution in [0.1, 0.15) is 25.7 Å². The number of amides is 1. The molecule has 0 saturated carbocycles. The predicted molar refractivity (Wildman–Crippen MR) is 71.7 cm³/mol. The number of piperidine rings is 1. The third kappa shape index (κ3) is 2.35. The maximum Gasteiger partial charge on any atom is 0.246 e. The number of hydrogen-bond acceptors (Lipinski definition) is 3. The summed E-state index contributed by atoms with van der Waals surface area (Å²) in [6.45, 7) is 3.59. The summed E-state index contributed by atoms with van der Waals surface area (Å²) >= 11 is 0. The summed E-state index contributed by atoms with van der Waals surface area (Å²) in [5, 5.41) is 0. The van der Waals surface area contributed by atoms with Crippen LogP contribution in [0, 0.1) is 0 Å². The molecular weight excluding hydrogens is 240 g/mol. The molecule has 4 heteroatoms. The highest BCUT2D eigenvalue weighted by atomic mass is 16.5. The predicted octanol–water partition coefficient (Wildman–Crippen LogP) is 2.17. The molecular formula is C15H18N2O2. The fraction of sp³-hybridized carbons (Fsp3) is 0.467. The van der Waals surface area contributed by atoms with E-state index < -0.39 is 0 Å². The molecule has 0 unspecified atom stereocenters. The van der Waals surface area contributed by atoms with Gasteiger partial charge in [0.1, 0.15) is 6.10 Å². The van der Waals surface area contributed by atoms with Gasteiger partial charge >= 0.3 is 0 Å². The molecule has 2 fully saturated rings. The Balaban J connectivity index is 1.67. The lowest BCUT2D eigenvalue weighted by molar-refractivity contribution is -0.131. The van der Waals surface area contributed by atoms with E-state index in [9.17, 15) is 4.79 Å². The van der Waals surface area contributed by atoms with Crippen molar-refractivity contribution in [2.24, 2.45) is 0 Å². The number of carbonyl (C=O) groups excluding carboxylic acids is 1. The summed E-state index contributed by atoms with van der Waals surface area (Å²) in [6.07, 6.45) is 7.27. The maximum absolute atomic E-state index is 11.8. The molecule has 2 saturated heterocycles. The van der Waals surface area contributed by atoms with Gasteiger partial charge in [0, 0.05) is 37.2 Å². The molecule has 0 N–H and O–H groups in total. The molecule has 2 aliphatic heterocycles. The number of fused-ring (bicyclic) bond motifs is 2. The van der Waals surface area contributed by atoms with Crippen molar-refractivity contribution in [3.05, 3.63) is 37.1 Å². The van der Waals surface area contributed by atoms with Crippen molar-refractivity contribution in [3.63, 3.8) is 0 Å². The van der Waals surface area contributed by atoms with Crippen LogP contribution in [0.2, 0.25) is 0 Å². The van der Waals surface area contributed by atoms with E-state index in [1.165, 1.54) is 6.08 Å². The Kier molecular flexibility index (Phi) is 3.23. The molecule has 19 heavy (non-hydrogen) atoms. The van der Waals surface area contributed by atoms with Crippen molar-refractivity contribution in [2.45, 2.75) is 43.9 Å². The largest absolute Gasteiger partial charge is 0.474 e. The van der Waals surface area contributed by atoms with Crippen molar-refractivity contribution < 1.29 is 9.53 Å². The van der Waals surface area contributed by atoms with Gasteiger partial charge in [0.05, 0.1) is 0 Å². The van der Waals surface area contributed by atoms with Crippen molar-refractivity contribution in [3.8, 4) is 5.88 Å². The fourth-order valence-corrected chi connectivity index (χ4v) is 3.28. The lowest BCUT2D eigenvalue weighted by Gasteiger charge is -2.38. The molecule has 1 aromatic rings. The smallest absolute Gasteiger partial charge is 0.246 e. The summed E-state index contributed by atoms with van der Waals surface area (Å²) < 4.78 is 5.92. The molecule has 100 valence electrons. The van der Waals surface area contributed by atoms with E-state index in [4.69, 9.17) is 4.74 Å². The van der Waals surface area contributed by atoms with Crippen molar-refractivity contribution >= 4 is 5.91 Å². The Morgan fingerprint density at radius 1 is 1.37 bits per heavy atom. The summed E-state index contributed by atoms with van der Waals surface area (Å²) in [4.78, 5) is 18.0. The topological polar surface area (TPSA) is 42.4 Å². The van der Waals surface area contributed by atoms with Crippen LogP contribution in [0.15, 0.2) is 37.1 Å². The van der Waals surface area contributed by atoms with Crippen LogP contribution in [0.3, 0.4) is 0 Å². The van der Waals surface area contributed by atoms with Gasteiger partial charge in [-0.2, -0.15) is 0 Å². The van der Waals surface area contributed by atoms with Crippen LogP contribution >= 0.6 is 0 Å². The van der Waals surface area contributed by atoms with E-state index >= 15 is 0 Å². The van der Waals surface area contributed by atoms with Gasteiger partial charge in [-0.05, 0) is 25.0 Å². The van der Waals surface area contributed by atoms with Gasteiger partial charge in [0.2, 0.25) is 11.8 Å². The summed E-state index contributed by atoms with van der Waals surface area (Å²) in [5.74, 6) is 0.735. The minimum absolute atomic E-state index is 0.0591. The van der Waals surface area contributed by atoms with E-state index in [0.29, 0.717) is 18.0 Å². The summed E-state index contributed by atoms with van der Waals surface area (Å²) in [6, 6.07) is 6.29. The lowest BCUT2D eigenvalue weighted by Crippen LogP contribution is -2.48. The van der Waals surface area contributed by atoms with Crippen LogP contribution in [0.25, 0.3) is 0 Å². The van der Waals surface area contributed by atoms with Crippen molar-refractivity contribution in [2.75, 3.05) is 0 Å². The normalized spacial score (nSPS) is 29.1. The van der Waals surface area contributed by atoms with E-state index in [1.54, 1.807) is 6.20 Å². The Hall–Kier alpha value is -1.84. The SMILES string of the molecule is C=CC(=O)N1[C@@H]2CC[C@H]1C[C@H](Oc1ccccn1)C2. The second-order valence-corrected chi connectivity index (χ2v) is 5.21. The van der Waals surface area contributed by atoms with E-state index in [0.717, 1.165) is 25.7 Å². The first-order valence-electron chi connectivity index (χ1n) is 6.80. The third-order valence-electron chi connectivity index (χ3n) is 4.04. The number of hydrogen-bond donors (Lipinski definition) is 0. The third-order valence-corrected chi connectivity index (χ3v) is 4.04. The number of nitrogens with zero attached hydrogens (tertiary/aromatic N) is 2. The lowest BCUT2D eigenvalue weighted by atomic mass is 9.99. The molecule has 0 aliphatic carbocycles. The minimum atomic E-state index is 0.0591. The van der Waals surface area contributed by atoms with Gasteiger partial charge in [-0.15, -0.1) is 0 Å². The Labute approximate surface area is 113 Å². The van der Waals surface area contributed by atoms with Crippen LogP contribution < -0.4 is 4.74 Å². The molecule has 3 rings (SSSR count). The van der Waals surface area contributed by atoms with Gasteiger partial charge in [-0.25, -0.2) is 4.98 Å². The van der Waals surface area contributed by atoms with E-state index in [1.807, 2.05) is 23.1 Å². The maximum atomic E-state index is 11.8. The average molecular weight is 258 g/mol. The molecule has 0 spiro atoms. The second kappa shape index (κ2) is 5.03. The monoisotopic (exact) mass is 258 g/mol. The zero-order valence-corrected chi connectivity index (χ0v) is 10.9. The standard InChI is InChI=1S/C15H18N2O2/c1-2-15(18)17-11-6-7-12(17)10-13(9-11)19-14-5-3-4-8-16-14/h2-5,8,11-13H,1,6-7,9-10H2/t11-,12+,13-. The molecule has 2 aliphatic rings. The van der Waals surface area contributed by atoms with Crippen molar-refractivity contribution in [1.29, 1.82) is 0 Å². The first kappa shape index (κ1) is 12.2. The molecule has 4 nitrogen and oxygen atoms in total. The highest BCUT2D eigenvalue weighted by Crippen LogP contribution is 2.37. The molecule has 1 amide bonds. The Bertz CT molecular complexity index is 460. The zero-order valence-electron chi connectivity index (χ0n) is 10.9. The molecule has 2 bridgehead atoms. The van der Waals surface area contributed by atoms with Gasteiger partial charge in [-0.3, -0.25) is 4.79 Å². The quantitative estimate of drug-likeness (QED) is 0.780. The first-order chi connectivity index (χ1) is 9.28. The first-order valence-corrected chi connectivity index (χ1v) is 6.80. The number of aromatic nitrogens is 1. The molecule has 0 aromatic carbocycles. The number of ether oxygens (including phenoxy) is 1. The zero-order chi connectivity index (χ0) is 13.2. The van der Waals surface area contributed by atoms with Crippen LogP contribution in [-0.2, 0) is 4.79 Å². The van der Waals surface area contributed by atoms with Crippen LogP contribution in [0.4, 0.5) is 0 Å². The Morgan fingerprint density at radius 3 is 2.68 bits per heavy atom. The average Bonchev–Trinajstić information content (AvgIpc) is 2.71. The summed E-state index contributed by atoms with van der Waals surface area (Å²) in [5.41, 5.74) is 0. The summed E-state index contributed by atoms with van der Waals surface area (Å²) in [7, 11) is 0. The van der Waals surface area contributed by atoms with Gasteiger partial charge in [-0.1, -0.05) is 12.6 Å². The van der Waals surface area contributed by atoms with Crippen LogP contribution in [-0.4, -0.2) is 34.0 Å². The van der Waals surface area contributed by atoms with Gasteiger partial charge in [0.25, 0.3) is 0 Å². The number of carbonyl (C=O) groups is 1. The molecule has 3 atom stereocenters. The van der Waals surface area contributed by atoms with E-state index in [-0.39, 0.29) is 12.0 Å². The van der Waals surface area contributed by atoms with Crippen molar-refractivity contribution in [1.82, 2.24) is 9.88 Å². The molecule has 3 heterocycles. The highest BCUT2D eigenvalue weighted by Gasteiger charge is 2.43. The van der Waals surface area contributed by atoms with Gasteiger partial charge in [0.15, 0.2) is 0 Å². The number of pyridine rings is 1. The van der Waals surface area contributed by atoms with Gasteiger partial charge < -0.3 is 9.64 Å². The number of rotatable bonds is 3. The highest BCUT2D eigenvalue weighted by molar-refractivity contribution is 5.87. The fourth-order valence-electron chi connectivity index (χ4n) is 3.28. The Morgan fingerprint density at radius 2 is 2.11 bits per heavy atom. The molecule has 0 radical (unpaired) electrons. The van der Waals surface area contributed by atoms with E-state index in [2.05, 4.69) is 11.6 Å². The van der Waals surface area contributed by atoms with Crippen LogP contribution in [0.5, 0.6) is 5.88 Å². The second-order valence-electron chi connectivity index (χ2n) is 5.21.